The summed E-state index contributed by atoms with van der Waals surface area (Å²) in [5.74, 6) is -0.340. The molecule has 0 saturated carbocycles. The fourth-order valence-corrected chi connectivity index (χ4v) is 4.34. The molecule has 148 valence electrons. The molecular weight excluding hydrogens is 382 g/mol. The van der Waals surface area contributed by atoms with Gasteiger partial charge in [-0.2, -0.15) is 0 Å². The number of rotatable bonds is 7. The van der Waals surface area contributed by atoms with Gasteiger partial charge in [0.05, 0.1) is 23.2 Å². The molecule has 5 nitrogen and oxygen atoms in total. The summed E-state index contributed by atoms with van der Waals surface area (Å²) in [4.78, 5) is 31.2. The number of thiazole rings is 1. The molecule has 29 heavy (non-hydrogen) atoms. The zero-order valence-corrected chi connectivity index (χ0v) is 16.9. The normalized spacial score (nSPS) is 16.2. The fourth-order valence-electron chi connectivity index (χ4n) is 3.51. The molecule has 0 radical (unpaired) electrons. The van der Waals surface area contributed by atoms with Crippen molar-refractivity contribution in [2.24, 2.45) is 5.92 Å². The summed E-state index contributed by atoms with van der Waals surface area (Å²) < 4.78 is 0. The van der Waals surface area contributed by atoms with Crippen LogP contribution in [0.3, 0.4) is 0 Å². The third-order valence-corrected chi connectivity index (χ3v) is 5.94. The van der Waals surface area contributed by atoms with Gasteiger partial charge in [-0.05, 0) is 11.1 Å². The number of nitrogens with zero attached hydrogens (tertiary/aromatic N) is 2. The van der Waals surface area contributed by atoms with E-state index in [4.69, 9.17) is 0 Å². The Bertz CT molecular complexity index is 972. The molecule has 6 heteroatoms. The van der Waals surface area contributed by atoms with E-state index in [0.29, 0.717) is 19.6 Å². The number of amides is 2. The van der Waals surface area contributed by atoms with Gasteiger partial charge in [-0.3, -0.25) is 9.59 Å². The monoisotopic (exact) mass is 405 g/mol. The van der Waals surface area contributed by atoms with E-state index < -0.39 is 0 Å². The fraction of sp³-hybridized carbons (Fsp3) is 0.261. The first kappa shape index (κ1) is 19.3. The minimum Gasteiger partial charge on any atom is -0.350 e. The highest BCUT2D eigenvalue weighted by Gasteiger charge is 2.34. The Labute approximate surface area is 174 Å². The van der Waals surface area contributed by atoms with Crippen LogP contribution in [-0.4, -0.2) is 28.2 Å². The average molecular weight is 406 g/mol. The molecule has 1 aliphatic heterocycles. The molecule has 1 fully saturated rings. The van der Waals surface area contributed by atoms with Crippen molar-refractivity contribution >= 4 is 23.2 Å². The van der Waals surface area contributed by atoms with E-state index in [1.165, 1.54) is 5.56 Å². The van der Waals surface area contributed by atoms with Gasteiger partial charge in [-0.25, -0.2) is 4.98 Å². The van der Waals surface area contributed by atoms with E-state index in [9.17, 15) is 9.59 Å². The van der Waals surface area contributed by atoms with Crippen molar-refractivity contribution in [3.05, 3.63) is 87.9 Å². The molecule has 0 spiro atoms. The number of hydrogen-bond donors (Lipinski definition) is 1. The largest absolute Gasteiger partial charge is 0.350 e. The Balaban J connectivity index is 1.27. The van der Waals surface area contributed by atoms with Crippen LogP contribution in [0.1, 0.15) is 28.2 Å². The summed E-state index contributed by atoms with van der Waals surface area (Å²) >= 11 is 1.61. The lowest BCUT2D eigenvalue weighted by Gasteiger charge is -2.16. The first-order chi connectivity index (χ1) is 14.2. The minimum absolute atomic E-state index is 0.0350. The van der Waals surface area contributed by atoms with Gasteiger partial charge >= 0.3 is 0 Å². The molecule has 1 atom stereocenters. The van der Waals surface area contributed by atoms with Crippen LogP contribution in [-0.2, 0) is 29.1 Å². The van der Waals surface area contributed by atoms with E-state index in [-0.39, 0.29) is 24.2 Å². The Morgan fingerprint density at radius 1 is 1.07 bits per heavy atom. The van der Waals surface area contributed by atoms with Crippen molar-refractivity contribution in [2.75, 3.05) is 6.54 Å². The number of benzene rings is 2. The van der Waals surface area contributed by atoms with Gasteiger partial charge in [0.1, 0.15) is 0 Å². The maximum Gasteiger partial charge on any atom is 0.225 e. The van der Waals surface area contributed by atoms with Crippen LogP contribution in [0.25, 0.3) is 0 Å². The molecule has 2 aromatic carbocycles. The Kier molecular flexibility index (Phi) is 6.00. The third-order valence-electron chi connectivity index (χ3n) is 5.04. The number of hydrogen-bond acceptors (Lipinski definition) is 4. The van der Waals surface area contributed by atoms with Crippen molar-refractivity contribution in [3.8, 4) is 0 Å². The highest BCUT2D eigenvalue weighted by molar-refractivity contribution is 7.09. The molecular formula is C23H23N3O2S. The molecule has 0 aliphatic carbocycles. The van der Waals surface area contributed by atoms with Gasteiger partial charge in [0.25, 0.3) is 0 Å². The summed E-state index contributed by atoms with van der Waals surface area (Å²) in [6.07, 6.45) is 1.07. The molecule has 4 rings (SSSR count). The predicted molar refractivity (Wildman–Crippen MR) is 113 cm³/mol. The Hall–Kier alpha value is -2.99. The first-order valence-electron chi connectivity index (χ1n) is 9.74. The quantitative estimate of drug-likeness (QED) is 0.655. The molecule has 1 saturated heterocycles. The zero-order valence-electron chi connectivity index (χ0n) is 16.1. The second-order valence-corrected chi connectivity index (χ2v) is 8.22. The van der Waals surface area contributed by atoms with Crippen LogP contribution in [0.15, 0.2) is 66.0 Å². The predicted octanol–water partition coefficient (Wildman–Crippen LogP) is 3.40. The molecule has 1 unspecified atom stereocenters. The smallest absolute Gasteiger partial charge is 0.225 e. The molecule has 2 amide bonds. The SMILES string of the molecule is O=C(NCc1csc(Cc2ccccc2)n1)C1CC(=O)N(Cc2ccccc2)C1. The number of aromatic nitrogens is 1. The lowest BCUT2D eigenvalue weighted by molar-refractivity contribution is -0.129. The Morgan fingerprint density at radius 3 is 2.48 bits per heavy atom. The minimum atomic E-state index is -0.298. The molecule has 2 heterocycles. The van der Waals surface area contributed by atoms with Gasteiger partial charge in [-0.1, -0.05) is 60.7 Å². The van der Waals surface area contributed by atoms with Crippen LogP contribution >= 0.6 is 11.3 Å². The Morgan fingerprint density at radius 2 is 1.76 bits per heavy atom. The molecule has 1 N–H and O–H groups in total. The topological polar surface area (TPSA) is 62.3 Å². The van der Waals surface area contributed by atoms with Crippen LogP contribution in [0.5, 0.6) is 0 Å². The van der Waals surface area contributed by atoms with E-state index in [1.807, 2.05) is 53.9 Å². The summed E-state index contributed by atoms with van der Waals surface area (Å²) in [6, 6.07) is 20.1. The summed E-state index contributed by atoms with van der Waals surface area (Å²) in [6.45, 7) is 1.42. The van der Waals surface area contributed by atoms with Crippen LogP contribution in [0.2, 0.25) is 0 Å². The zero-order chi connectivity index (χ0) is 20.1. The maximum absolute atomic E-state index is 12.5. The lowest BCUT2D eigenvalue weighted by atomic mass is 10.1. The van der Waals surface area contributed by atoms with Crippen LogP contribution < -0.4 is 5.32 Å². The average Bonchev–Trinajstić information content (AvgIpc) is 3.34. The van der Waals surface area contributed by atoms with E-state index in [0.717, 1.165) is 22.7 Å². The second-order valence-electron chi connectivity index (χ2n) is 7.27. The third kappa shape index (κ3) is 5.09. The summed E-state index contributed by atoms with van der Waals surface area (Å²) in [5.41, 5.74) is 3.16. The van der Waals surface area contributed by atoms with E-state index in [2.05, 4.69) is 22.4 Å². The molecule has 1 aromatic heterocycles. The van der Waals surface area contributed by atoms with Gasteiger partial charge in [0.2, 0.25) is 11.8 Å². The molecule has 0 bridgehead atoms. The second kappa shape index (κ2) is 9.01. The van der Waals surface area contributed by atoms with Crippen LogP contribution in [0.4, 0.5) is 0 Å². The summed E-state index contributed by atoms with van der Waals surface area (Å²) in [7, 11) is 0. The molecule has 1 aliphatic rings. The number of nitrogens with one attached hydrogen (secondary N) is 1. The van der Waals surface area contributed by atoms with Gasteiger partial charge in [0.15, 0.2) is 0 Å². The maximum atomic E-state index is 12.5. The van der Waals surface area contributed by atoms with Gasteiger partial charge < -0.3 is 10.2 Å². The highest BCUT2D eigenvalue weighted by atomic mass is 32.1. The van der Waals surface area contributed by atoms with Crippen LogP contribution in [0, 0.1) is 5.92 Å². The van der Waals surface area contributed by atoms with Gasteiger partial charge in [0, 0.05) is 31.3 Å². The van der Waals surface area contributed by atoms with Crippen molar-refractivity contribution in [1.82, 2.24) is 15.2 Å². The van der Waals surface area contributed by atoms with E-state index in [1.54, 1.807) is 16.2 Å². The number of carbonyl (C=O) groups excluding carboxylic acids is 2. The number of carbonyl (C=O) groups is 2. The van der Waals surface area contributed by atoms with Crippen molar-refractivity contribution in [1.29, 1.82) is 0 Å². The standard InChI is InChI=1S/C23H23N3O2S/c27-22-12-19(15-26(22)14-18-9-5-2-6-10-18)23(28)24-13-20-16-29-21(25-20)11-17-7-3-1-4-8-17/h1-10,16,19H,11-15H2,(H,24,28). The number of likely N-dealkylation sites (tertiary alicyclic amines) is 1. The molecule has 3 aromatic rings. The highest BCUT2D eigenvalue weighted by Crippen LogP contribution is 2.21. The van der Waals surface area contributed by atoms with Crippen molar-refractivity contribution < 1.29 is 9.59 Å². The summed E-state index contributed by atoms with van der Waals surface area (Å²) in [5, 5.41) is 5.97. The first-order valence-corrected chi connectivity index (χ1v) is 10.6. The van der Waals surface area contributed by atoms with Crippen molar-refractivity contribution in [2.45, 2.75) is 25.9 Å². The van der Waals surface area contributed by atoms with E-state index >= 15 is 0 Å². The van der Waals surface area contributed by atoms with Crippen molar-refractivity contribution in [3.63, 3.8) is 0 Å². The lowest BCUT2D eigenvalue weighted by Crippen LogP contribution is -2.32. The van der Waals surface area contributed by atoms with Gasteiger partial charge in [-0.15, -0.1) is 11.3 Å².